The van der Waals surface area contributed by atoms with E-state index in [0.29, 0.717) is 10.8 Å². The van der Waals surface area contributed by atoms with Crippen LogP contribution in [-0.4, -0.2) is 47.3 Å². The molecule has 1 heterocycles. The summed E-state index contributed by atoms with van der Waals surface area (Å²) in [4.78, 5) is 29.0. The molecule has 2 N–H and O–H groups in total. The highest BCUT2D eigenvalue weighted by molar-refractivity contribution is 6.32. The van der Waals surface area contributed by atoms with Crippen molar-refractivity contribution >= 4 is 23.5 Å². The molecule has 1 amide bonds. The predicted octanol–water partition coefficient (Wildman–Crippen LogP) is 3.91. The van der Waals surface area contributed by atoms with E-state index in [1.807, 2.05) is 26.8 Å². The van der Waals surface area contributed by atoms with Gasteiger partial charge in [0.1, 0.15) is 24.0 Å². The van der Waals surface area contributed by atoms with Gasteiger partial charge in [-0.25, -0.2) is 9.78 Å². The fourth-order valence-electron chi connectivity index (χ4n) is 3.07. The molecule has 1 unspecified atom stereocenters. The molecule has 0 aliphatic rings. The molecule has 0 aliphatic carbocycles. The van der Waals surface area contributed by atoms with Gasteiger partial charge in [-0.15, -0.1) is 0 Å². The number of aromatic hydroxyl groups is 1. The number of aryl methyl sites for hydroxylation is 1. The quantitative estimate of drug-likeness (QED) is 0.541. The van der Waals surface area contributed by atoms with E-state index in [0.717, 1.165) is 5.56 Å². The van der Waals surface area contributed by atoms with E-state index in [4.69, 9.17) is 25.8 Å². The van der Waals surface area contributed by atoms with E-state index in [1.54, 1.807) is 19.1 Å². The summed E-state index contributed by atoms with van der Waals surface area (Å²) in [5.41, 5.74) is 0.748. The summed E-state index contributed by atoms with van der Waals surface area (Å²) in [5.74, 6) is -1.27. The highest BCUT2D eigenvalue weighted by atomic mass is 35.5. The third-order valence-electron chi connectivity index (χ3n) is 4.80. The Morgan fingerprint density at radius 3 is 2.41 bits per heavy atom. The van der Waals surface area contributed by atoms with Gasteiger partial charge in [-0.2, -0.15) is 0 Å². The van der Waals surface area contributed by atoms with Crippen LogP contribution < -0.4 is 14.8 Å². The van der Waals surface area contributed by atoms with Crippen LogP contribution >= 0.6 is 11.6 Å². The number of benzene rings is 1. The van der Waals surface area contributed by atoms with Crippen LogP contribution in [0.15, 0.2) is 30.5 Å². The third-order valence-corrected chi connectivity index (χ3v) is 5.09. The van der Waals surface area contributed by atoms with Crippen molar-refractivity contribution in [1.82, 2.24) is 10.3 Å². The fraction of sp³-hybridized carbons (Fsp3) is 0.435. The minimum Gasteiger partial charge on any atom is -0.503 e. The van der Waals surface area contributed by atoms with Crippen LogP contribution in [-0.2, 0) is 9.53 Å². The number of carbonyl (C=O) groups excluding carboxylic acids is 2. The van der Waals surface area contributed by atoms with Gasteiger partial charge in [0.25, 0.3) is 5.91 Å². The Morgan fingerprint density at radius 2 is 1.81 bits per heavy atom. The summed E-state index contributed by atoms with van der Waals surface area (Å²) in [5, 5.41) is 13.0. The molecule has 9 heteroatoms. The number of carbonyl (C=O) groups is 2. The summed E-state index contributed by atoms with van der Waals surface area (Å²) >= 11 is 6.25. The Labute approximate surface area is 192 Å². The van der Waals surface area contributed by atoms with Crippen LogP contribution in [0.25, 0.3) is 0 Å². The topological polar surface area (TPSA) is 107 Å². The molecular formula is C23H29ClN2O6. The van der Waals surface area contributed by atoms with Crippen LogP contribution in [0, 0.1) is 12.8 Å². The van der Waals surface area contributed by atoms with Crippen molar-refractivity contribution in [3.05, 3.63) is 46.7 Å². The molecular weight excluding hydrogens is 436 g/mol. The van der Waals surface area contributed by atoms with Crippen LogP contribution in [0.1, 0.15) is 43.7 Å². The Bertz CT molecular complexity index is 965. The van der Waals surface area contributed by atoms with Crippen molar-refractivity contribution in [2.45, 2.75) is 52.9 Å². The number of ether oxygens (including phenoxy) is 3. The summed E-state index contributed by atoms with van der Waals surface area (Å²) in [6, 6.07) is 5.86. The molecule has 3 atom stereocenters. The third kappa shape index (κ3) is 6.26. The van der Waals surface area contributed by atoms with Crippen molar-refractivity contribution in [1.29, 1.82) is 0 Å². The maximum absolute atomic E-state index is 12.7. The molecule has 32 heavy (non-hydrogen) atoms. The summed E-state index contributed by atoms with van der Waals surface area (Å²) in [7, 11) is 1.36. The molecule has 0 spiro atoms. The average Bonchev–Trinajstić information content (AvgIpc) is 2.73. The first-order valence-electron chi connectivity index (χ1n) is 10.2. The van der Waals surface area contributed by atoms with E-state index in [9.17, 15) is 14.7 Å². The van der Waals surface area contributed by atoms with Crippen molar-refractivity contribution in [2.24, 2.45) is 5.92 Å². The summed E-state index contributed by atoms with van der Waals surface area (Å²) in [6.45, 7) is 8.99. The zero-order valence-corrected chi connectivity index (χ0v) is 19.8. The number of rotatable bonds is 9. The van der Waals surface area contributed by atoms with Gasteiger partial charge in [0, 0.05) is 12.3 Å². The van der Waals surface area contributed by atoms with Gasteiger partial charge < -0.3 is 24.6 Å². The predicted molar refractivity (Wildman–Crippen MR) is 120 cm³/mol. The molecule has 1 aromatic heterocycles. The largest absolute Gasteiger partial charge is 0.503 e. The van der Waals surface area contributed by atoms with Gasteiger partial charge in [0.15, 0.2) is 17.2 Å². The second-order valence-corrected chi connectivity index (χ2v) is 8.22. The Kier molecular flexibility index (Phi) is 8.72. The standard InChI is InChI=1S/C23H29ClN2O6/c1-12(2)21(15(5)31-17-8-7-13(3)11-16(17)24)32-23(29)14(4)26-22(28)19-20(27)18(30-6)9-10-25-19/h7-12,14-15,21,27H,1-6H3,(H,26,28)/t14-,15-,21?/m0/s1. The zero-order valence-electron chi connectivity index (χ0n) is 19.0. The van der Waals surface area contributed by atoms with E-state index in [-0.39, 0.29) is 17.4 Å². The number of pyridine rings is 1. The lowest BCUT2D eigenvalue weighted by molar-refractivity contribution is -0.158. The summed E-state index contributed by atoms with van der Waals surface area (Å²) < 4.78 is 16.6. The lowest BCUT2D eigenvalue weighted by Gasteiger charge is -2.29. The molecule has 0 saturated carbocycles. The Morgan fingerprint density at radius 1 is 1.12 bits per heavy atom. The number of nitrogens with zero attached hydrogens (tertiary/aromatic N) is 1. The van der Waals surface area contributed by atoms with Crippen molar-refractivity contribution in [3.8, 4) is 17.2 Å². The Hall–Kier alpha value is -3.00. The lowest BCUT2D eigenvalue weighted by Crippen LogP contribution is -2.45. The first kappa shape index (κ1) is 25.3. The van der Waals surface area contributed by atoms with E-state index >= 15 is 0 Å². The zero-order chi connectivity index (χ0) is 24.0. The number of amides is 1. The number of nitrogens with one attached hydrogen (secondary N) is 1. The van der Waals surface area contributed by atoms with Crippen molar-refractivity contribution in [3.63, 3.8) is 0 Å². The van der Waals surface area contributed by atoms with Crippen LogP contribution in [0.5, 0.6) is 17.2 Å². The van der Waals surface area contributed by atoms with Gasteiger partial charge in [0.05, 0.1) is 12.1 Å². The number of aromatic nitrogens is 1. The first-order chi connectivity index (χ1) is 15.0. The maximum atomic E-state index is 12.7. The van der Waals surface area contributed by atoms with Gasteiger partial charge in [0.2, 0.25) is 0 Å². The highest BCUT2D eigenvalue weighted by Crippen LogP contribution is 2.29. The molecule has 2 aromatic rings. The smallest absolute Gasteiger partial charge is 0.328 e. The van der Waals surface area contributed by atoms with Crippen LogP contribution in [0.2, 0.25) is 5.02 Å². The maximum Gasteiger partial charge on any atom is 0.328 e. The average molecular weight is 465 g/mol. The van der Waals surface area contributed by atoms with Gasteiger partial charge in [-0.1, -0.05) is 31.5 Å². The summed E-state index contributed by atoms with van der Waals surface area (Å²) in [6.07, 6.45) is 0.231. The monoisotopic (exact) mass is 464 g/mol. The fourth-order valence-corrected chi connectivity index (χ4v) is 3.35. The normalized spacial score (nSPS) is 13.8. The van der Waals surface area contributed by atoms with E-state index in [1.165, 1.54) is 26.3 Å². The second kappa shape index (κ2) is 11.0. The molecule has 8 nitrogen and oxygen atoms in total. The molecule has 174 valence electrons. The SMILES string of the molecule is COc1ccnc(C(=O)N[C@@H](C)C(=O)OC(C(C)C)[C@H](C)Oc2ccc(C)cc2Cl)c1O. The van der Waals surface area contributed by atoms with Crippen LogP contribution in [0.4, 0.5) is 0 Å². The molecule has 0 radical (unpaired) electrons. The minimum absolute atomic E-state index is 0.0647. The molecule has 1 aromatic carbocycles. The van der Waals surface area contributed by atoms with Gasteiger partial charge in [-0.3, -0.25) is 4.79 Å². The van der Waals surface area contributed by atoms with Crippen LogP contribution in [0.3, 0.4) is 0 Å². The van der Waals surface area contributed by atoms with Crippen molar-refractivity contribution < 1.29 is 28.9 Å². The van der Waals surface area contributed by atoms with Gasteiger partial charge in [-0.05, 0) is 44.4 Å². The molecule has 0 saturated heterocycles. The number of halogens is 1. The van der Waals surface area contributed by atoms with E-state index in [2.05, 4.69) is 10.3 Å². The molecule has 0 aliphatic heterocycles. The number of hydrogen-bond acceptors (Lipinski definition) is 7. The highest BCUT2D eigenvalue weighted by Gasteiger charge is 2.30. The van der Waals surface area contributed by atoms with Crippen molar-refractivity contribution in [2.75, 3.05) is 7.11 Å². The molecule has 0 fully saturated rings. The number of methoxy groups -OCH3 is 1. The van der Waals surface area contributed by atoms with E-state index < -0.39 is 35.9 Å². The first-order valence-corrected chi connectivity index (χ1v) is 10.6. The number of esters is 1. The number of hydrogen-bond donors (Lipinski definition) is 2. The molecule has 2 rings (SSSR count). The minimum atomic E-state index is -0.994. The molecule has 0 bridgehead atoms. The van der Waals surface area contributed by atoms with Gasteiger partial charge >= 0.3 is 5.97 Å². The Balaban J connectivity index is 2.06. The second-order valence-electron chi connectivity index (χ2n) is 7.81. The lowest BCUT2D eigenvalue weighted by atomic mass is 10.0.